The van der Waals surface area contributed by atoms with Crippen molar-refractivity contribution < 1.29 is 5.11 Å². The van der Waals surface area contributed by atoms with Gasteiger partial charge in [0.25, 0.3) is 0 Å². The van der Waals surface area contributed by atoms with E-state index in [0.717, 1.165) is 0 Å². The van der Waals surface area contributed by atoms with Crippen LogP contribution >= 0.6 is 11.6 Å². The highest BCUT2D eigenvalue weighted by Gasteiger charge is 2.03. The predicted molar refractivity (Wildman–Crippen MR) is 40.6 cm³/mol. The number of phenols is 1. The Morgan fingerprint density at radius 3 is 2.64 bits per heavy atom. The monoisotopic (exact) mass is 169 g/mol. The maximum absolute atomic E-state index is 9.12. The number of aromatic nitrogens is 3. The highest BCUT2D eigenvalue weighted by atomic mass is 35.5. The Labute approximate surface area is 66.8 Å². The number of phenolic OH excluding ortho intramolecular Hbond substituents is 1. The summed E-state index contributed by atoms with van der Waals surface area (Å²) in [4.78, 5) is 0. The molecule has 1 aromatic carbocycles. The van der Waals surface area contributed by atoms with Crippen molar-refractivity contribution >= 4 is 22.6 Å². The number of nitrogens with one attached hydrogen (secondary N) is 1. The van der Waals surface area contributed by atoms with Crippen molar-refractivity contribution in [3.63, 3.8) is 0 Å². The summed E-state index contributed by atoms with van der Waals surface area (Å²) in [5.41, 5.74) is 1.25. The Morgan fingerprint density at radius 2 is 1.91 bits per heavy atom. The van der Waals surface area contributed by atoms with E-state index < -0.39 is 0 Å². The van der Waals surface area contributed by atoms with Gasteiger partial charge in [-0.3, -0.25) is 0 Å². The van der Waals surface area contributed by atoms with Crippen molar-refractivity contribution in [2.45, 2.75) is 0 Å². The zero-order chi connectivity index (χ0) is 7.84. The van der Waals surface area contributed by atoms with E-state index >= 15 is 0 Å². The molecule has 0 bridgehead atoms. The number of H-pyrrole nitrogens is 1. The van der Waals surface area contributed by atoms with Gasteiger partial charge >= 0.3 is 0 Å². The molecular weight excluding hydrogens is 166 g/mol. The molecule has 0 atom stereocenters. The van der Waals surface area contributed by atoms with E-state index in [9.17, 15) is 0 Å². The minimum absolute atomic E-state index is 0.0214. The zero-order valence-corrected chi connectivity index (χ0v) is 6.13. The third-order valence-corrected chi connectivity index (χ3v) is 1.69. The molecule has 4 nitrogen and oxygen atoms in total. The predicted octanol–water partition coefficient (Wildman–Crippen LogP) is 1.32. The summed E-state index contributed by atoms with van der Waals surface area (Å²) in [6.07, 6.45) is 0. The van der Waals surface area contributed by atoms with Crippen molar-refractivity contribution in [3.05, 3.63) is 17.2 Å². The van der Waals surface area contributed by atoms with Crippen LogP contribution in [0.25, 0.3) is 11.0 Å². The first-order chi connectivity index (χ1) is 5.27. The first-order valence-corrected chi connectivity index (χ1v) is 3.34. The van der Waals surface area contributed by atoms with E-state index in [2.05, 4.69) is 15.4 Å². The molecule has 1 aromatic heterocycles. The number of hydrogen-bond donors (Lipinski definition) is 2. The fourth-order valence-electron chi connectivity index (χ4n) is 0.852. The molecule has 5 heteroatoms. The molecule has 0 radical (unpaired) electrons. The highest BCUT2D eigenvalue weighted by molar-refractivity contribution is 6.32. The molecule has 0 saturated carbocycles. The van der Waals surface area contributed by atoms with Gasteiger partial charge < -0.3 is 5.11 Å². The van der Waals surface area contributed by atoms with Gasteiger partial charge in [-0.25, -0.2) is 0 Å². The molecule has 0 fully saturated rings. The second-order valence-corrected chi connectivity index (χ2v) is 2.52. The number of rotatable bonds is 0. The number of benzene rings is 1. The fraction of sp³-hybridized carbons (Fsp3) is 0. The van der Waals surface area contributed by atoms with Gasteiger partial charge in [0.1, 0.15) is 16.8 Å². The fourth-order valence-corrected chi connectivity index (χ4v) is 1.01. The van der Waals surface area contributed by atoms with Crippen LogP contribution in [-0.4, -0.2) is 20.5 Å². The van der Waals surface area contributed by atoms with Gasteiger partial charge in [0.05, 0.1) is 5.02 Å². The maximum Gasteiger partial charge on any atom is 0.136 e. The smallest absolute Gasteiger partial charge is 0.136 e. The lowest BCUT2D eigenvalue weighted by Crippen LogP contribution is -1.71. The lowest BCUT2D eigenvalue weighted by molar-refractivity contribution is 0.476. The molecule has 56 valence electrons. The Hall–Kier alpha value is -1.29. The third kappa shape index (κ3) is 0.914. The van der Waals surface area contributed by atoms with E-state index in [4.69, 9.17) is 16.7 Å². The van der Waals surface area contributed by atoms with Gasteiger partial charge in [0, 0.05) is 6.07 Å². The van der Waals surface area contributed by atoms with E-state index in [1.54, 1.807) is 6.07 Å². The van der Waals surface area contributed by atoms with Crippen molar-refractivity contribution in [2.24, 2.45) is 0 Å². The first kappa shape index (κ1) is 6.42. The second kappa shape index (κ2) is 2.10. The van der Waals surface area contributed by atoms with Crippen LogP contribution in [0.3, 0.4) is 0 Å². The molecule has 2 rings (SSSR count). The average molecular weight is 170 g/mol. The average Bonchev–Trinajstić information content (AvgIpc) is 2.36. The molecule has 0 aliphatic heterocycles. The van der Waals surface area contributed by atoms with E-state index in [1.807, 2.05) is 0 Å². The number of fused-ring (bicyclic) bond motifs is 1. The van der Waals surface area contributed by atoms with Crippen LogP contribution < -0.4 is 0 Å². The highest BCUT2D eigenvalue weighted by Crippen LogP contribution is 2.26. The largest absolute Gasteiger partial charge is 0.506 e. The molecule has 0 aliphatic carbocycles. The number of aromatic amines is 1. The molecule has 0 spiro atoms. The molecule has 0 unspecified atom stereocenters. The summed E-state index contributed by atoms with van der Waals surface area (Å²) in [7, 11) is 0. The molecule has 0 saturated heterocycles. The molecule has 2 N–H and O–H groups in total. The molecule has 0 amide bonds. The summed E-state index contributed by atoms with van der Waals surface area (Å²) in [5.74, 6) is 0.0214. The number of aromatic hydroxyl groups is 1. The third-order valence-electron chi connectivity index (χ3n) is 1.38. The van der Waals surface area contributed by atoms with E-state index in [1.165, 1.54) is 6.07 Å². The quantitative estimate of drug-likeness (QED) is 0.625. The lowest BCUT2D eigenvalue weighted by atomic mass is 10.3. The minimum atomic E-state index is 0.0214. The van der Waals surface area contributed by atoms with Crippen molar-refractivity contribution in [1.82, 2.24) is 15.4 Å². The summed E-state index contributed by atoms with van der Waals surface area (Å²) >= 11 is 5.61. The summed E-state index contributed by atoms with van der Waals surface area (Å²) in [6.45, 7) is 0. The Bertz CT molecular complexity index is 362. The van der Waals surface area contributed by atoms with Crippen LogP contribution in [0, 0.1) is 0 Å². The van der Waals surface area contributed by atoms with Crippen molar-refractivity contribution in [1.29, 1.82) is 0 Å². The van der Waals surface area contributed by atoms with Gasteiger partial charge in [-0.1, -0.05) is 11.6 Å². The summed E-state index contributed by atoms with van der Waals surface area (Å²) < 4.78 is 0. The number of hydrogen-bond acceptors (Lipinski definition) is 3. The number of halogens is 1. The van der Waals surface area contributed by atoms with Crippen LogP contribution in [0.5, 0.6) is 5.75 Å². The Balaban J connectivity index is 2.86. The topological polar surface area (TPSA) is 61.8 Å². The molecule has 1 heterocycles. The lowest BCUT2D eigenvalue weighted by Gasteiger charge is -1.92. The van der Waals surface area contributed by atoms with Gasteiger partial charge in [0.2, 0.25) is 0 Å². The zero-order valence-electron chi connectivity index (χ0n) is 5.37. The van der Waals surface area contributed by atoms with Crippen molar-refractivity contribution in [2.75, 3.05) is 0 Å². The van der Waals surface area contributed by atoms with Crippen LogP contribution in [-0.2, 0) is 0 Å². The van der Waals surface area contributed by atoms with Crippen LogP contribution in [0.15, 0.2) is 12.1 Å². The van der Waals surface area contributed by atoms with Gasteiger partial charge in [-0.15, -0.1) is 0 Å². The van der Waals surface area contributed by atoms with E-state index in [0.29, 0.717) is 11.0 Å². The van der Waals surface area contributed by atoms with Crippen molar-refractivity contribution in [3.8, 4) is 5.75 Å². The second-order valence-electron chi connectivity index (χ2n) is 2.12. The summed E-state index contributed by atoms with van der Waals surface area (Å²) in [6, 6.07) is 3.01. The summed E-state index contributed by atoms with van der Waals surface area (Å²) in [5, 5.41) is 19.4. The first-order valence-electron chi connectivity index (χ1n) is 2.96. The van der Waals surface area contributed by atoms with Gasteiger partial charge in [-0.2, -0.15) is 15.4 Å². The van der Waals surface area contributed by atoms with Crippen LogP contribution in [0.2, 0.25) is 5.02 Å². The van der Waals surface area contributed by atoms with Crippen LogP contribution in [0.1, 0.15) is 0 Å². The van der Waals surface area contributed by atoms with Gasteiger partial charge in [0.15, 0.2) is 0 Å². The SMILES string of the molecule is Oc1cc2n[nH]nc2cc1Cl. The van der Waals surface area contributed by atoms with E-state index in [-0.39, 0.29) is 10.8 Å². The number of nitrogens with zero attached hydrogens (tertiary/aromatic N) is 2. The Morgan fingerprint density at radius 1 is 1.27 bits per heavy atom. The molecular formula is C6H4ClN3O. The standard InChI is InChI=1S/C6H4ClN3O/c7-3-1-4-5(2-6(3)11)9-10-8-4/h1-2,11H,(H,8,9,10). The minimum Gasteiger partial charge on any atom is -0.506 e. The van der Waals surface area contributed by atoms with Crippen LogP contribution in [0.4, 0.5) is 0 Å². The molecule has 11 heavy (non-hydrogen) atoms. The maximum atomic E-state index is 9.12. The normalized spacial score (nSPS) is 10.6. The van der Waals surface area contributed by atoms with Gasteiger partial charge in [-0.05, 0) is 6.07 Å². The molecule has 0 aliphatic rings. The molecule has 2 aromatic rings. The Kier molecular flexibility index (Phi) is 1.22.